The van der Waals surface area contributed by atoms with E-state index < -0.39 is 5.60 Å². The van der Waals surface area contributed by atoms with E-state index >= 15 is 0 Å². The van der Waals surface area contributed by atoms with Crippen LogP contribution in [-0.4, -0.2) is 22.2 Å². The largest absolute Gasteiger partial charge is 0.388 e. The molecule has 1 aliphatic carbocycles. The Balaban J connectivity index is 1.93. The molecule has 0 saturated heterocycles. The maximum absolute atomic E-state index is 10.5. The van der Waals surface area contributed by atoms with Gasteiger partial charge in [-0.2, -0.15) is 0 Å². The number of pyridine rings is 1. The van der Waals surface area contributed by atoms with E-state index in [1.54, 1.807) is 6.07 Å². The van der Waals surface area contributed by atoms with Gasteiger partial charge in [0.05, 0.1) is 5.60 Å². The van der Waals surface area contributed by atoms with Gasteiger partial charge in [0.15, 0.2) is 0 Å². The molecule has 4 nitrogen and oxygen atoms in total. The minimum Gasteiger partial charge on any atom is -0.388 e. The number of hydrogen-bond donors (Lipinski definition) is 3. The summed E-state index contributed by atoms with van der Waals surface area (Å²) in [7, 11) is 0. The van der Waals surface area contributed by atoms with Crippen LogP contribution >= 0.6 is 0 Å². The average molecular weight is 235 g/mol. The van der Waals surface area contributed by atoms with Crippen molar-refractivity contribution in [1.82, 2.24) is 4.98 Å². The zero-order valence-corrected chi connectivity index (χ0v) is 10.3. The van der Waals surface area contributed by atoms with Gasteiger partial charge < -0.3 is 16.2 Å². The second kappa shape index (κ2) is 4.92. The van der Waals surface area contributed by atoms with Gasteiger partial charge in [0, 0.05) is 6.54 Å². The van der Waals surface area contributed by atoms with Crippen molar-refractivity contribution in [3.05, 3.63) is 18.2 Å². The Morgan fingerprint density at radius 2 is 2.41 bits per heavy atom. The van der Waals surface area contributed by atoms with Crippen molar-refractivity contribution in [2.75, 3.05) is 17.6 Å². The molecule has 0 bridgehead atoms. The van der Waals surface area contributed by atoms with Crippen LogP contribution in [0.1, 0.15) is 32.6 Å². The molecular weight excluding hydrogens is 214 g/mol. The SMILES string of the molecule is CC1CCCC(O)(CNc2cccc(N)n2)C1. The topological polar surface area (TPSA) is 71.2 Å². The van der Waals surface area contributed by atoms with Crippen LogP contribution in [0.4, 0.5) is 11.6 Å². The molecule has 1 aromatic heterocycles. The van der Waals surface area contributed by atoms with E-state index in [4.69, 9.17) is 5.73 Å². The molecule has 94 valence electrons. The first-order valence-electron chi connectivity index (χ1n) is 6.26. The summed E-state index contributed by atoms with van der Waals surface area (Å²) >= 11 is 0. The summed E-state index contributed by atoms with van der Waals surface area (Å²) in [5, 5.41) is 13.6. The van der Waals surface area contributed by atoms with Gasteiger partial charge in [0.2, 0.25) is 0 Å². The monoisotopic (exact) mass is 235 g/mol. The van der Waals surface area contributed by atoms with Crippen molar-refractivity contribution >= 4 is 11.6 Å². The van der Waals surface area contributed by atoms with E-state index in [1.165, 1.54) is 6.42 Å². The Kier molecular flexibility index (Phi) is 3.52. The number of aliphatic hydroxyl groups is 1. The molecule has 1 fully saturated rings. The summed E-state index contributed by atoms with van der Waals surface area (Å²) in [5.74, 6) is 1.83. The number of hydrogen-bond acceptors (Lipinski definition) is 4. The summed E-state index contributed by atoms with van der Waals surface area (Å²) in [6.45, 7) is 2.75. The Morgan fingerprint density at radius 1 is 1.59 bits per heavy atom. The van der Waals surface area contributed by atoms with E-state index in [2.05, 4.69) is 17.2 Å². The van der Waals surface area contributed by atoms with Gasteiger partial charge in [-0.15, -0.1) is 0 Å². The molecule has 1 aliphatic rings. The lowest BCUT2D eigenvalue weighted by atomic mass is 9.79. The highest BCUT2D eigenvalue weighted by molar-refractivity contribution is 5.42. The first kappa shape index (κ1) is 12.2. The number of nitrogen functional groups attached to an aromatic ring is 1. The number of nitrogens with one attached hydrogen (secondary N) is 1. The predicted molar refractivity (Wildman–Crippen MR) is 69.7 cm³/mol. The molecule has 0 radical (unpaired) electrons. The summed E-state index contributed by atoms with van der Waals surface area (Å²) in [6.07, 6.45) is 4.05. The van der Waals surface area contributed by atoms with E-state index in [0.29, 0.717) is 18.3 Å². The fourth-order valence-electron chi connectivity index (χ4n) is 2.60. The van der Waals surface area contributed by atoms with E-state index in [-0.39, 0.29) is 0 Å². The molecule has 1 saturated carbocycles. The van der Waals surface area contributed by atoms with E-state index in [9.17, 15) is 5.11 Å². The molecule has 4 heteroatoms. The quantitative estimate of drug-likeness (QED) is 0.749. The van der Waals surface area contributed by atoms with Crippen molar-refractivity contribution < 1.29 is 5.11 Å². The third-order valence-electron chi connectivity index (χ3n) is 3.44. The molecule has 17 heavy (non-hydrogen) atoms. The number of aromatic nitrogens is 1. The highest BCUT2D eigenvalue weighted by Gasteiger charge is 2.32. The van der Waals surface area contributed by atoms with Gasteiger partial charge in [-0.1, -0.05) is 25.8 Å². The molecule has 1 aromatic rings. The minimum absolute atomic E-state index is 0.499. The lowest BCUT2D eigenvalue weighted by molar-refractivity contribution is -0.000824. The zero-order valence-electron chi connectivity index (χ0n) is 10.3. The maximum atomic E-state index is 10.5. The molecule has 2 atom stereocenters. The number of anilines is 2. The van der Waals surface area contributed by atoms with Crippen molar-refractivity contribution in [2.24, 2.45) is 5.92 Å². The van der Waals surface area contributed by atoms with Crippen molar-refractivity contribution in [3.8, 4) is 0 Å². The Morgan fingerprint density at radius 3 is 3.12 bits per heavy atom. The predicted octanol–water partition coefficient (Wildman–Crippen LogP) is 2.02. The molecule has 2 rings (SSSR count). The van der Waals surface area contributed by atoms with Crippen LogP contribution in [-0.2, 0) is 0 Å². The summed E-state index contributed by atoms with van der Waals surface area (Å²) < 4.78 is 0. The highest BCUT2D eigenvalue weighted by Crippen LogP contribution is 2.32. The van der Waals surface area contributed by atoms with Gasteiger partial charge in [-0.3, -0.25) is 0 Å². The lowest BCUT2D eigenvalue weighted by Crippen LogP contribution is -2.41. The van der Waals surface area contributed by atoms with Crippen molar-refractivity contribution in [2.45, 2.75) is 38.2 Å². The van der Waals surface area contributed by atoms with Gasteiger partial charge in [0.1, 0.15) is 11.6 Å². The molecule has 0 aromatic carbocycles. The third kappa shape index (κ3) is 3.33. The summed E-state index contributed by atoms with van der Waals surface area (Å²) in [5.41, 5.74) is 5.02. The van der Waals surface area contributed by atoms with Crippen LogP contribution in [0, 0.1) is 5.92 Å². The summed E-state index contributed by atoms with van der Waals surface area (Å²) in [4.78, 5) is 4.16. The van der Waals surface area contributed by atoms with Crippen LogP contribution in [0.3, 0.4) is 0 Å². The molecular formula is C13H21N3O. The number of nitrogens with zero attached hydrogens (tertiary/aromatic N) is 1. The van der Waals surface area contributed by atoms with Crippen molar-refractivity contribution in [3.63, 3.8) is 0 Å². The second-order valence-electron chi connectivity index (χ2n) is 5.23. The van der Waals surface area contributed by atoms with Gasteiger partial charge in [-0.25, -0.2) is 4.98 Å². The minimum atomic E-state index is -0.593. The van der Waals surface area contributed by atoms with Crippen molar-refractivity contribution in [1.29, 1.82) is 0 Å². The van der Waals surface area contributed by atoms with Crippen LogP contribution in [0.25, 0.3) is 0 Å². The summed E-state index contributed by atoms with van der Waals surface area (Å²) in [6, 6.07) is 5.48. The second-order valence-corrected chi connectivity index (χ2v) is 5.23. The standard InChI is InChI=1S/C13H21N3O/c1-10-4-3-7-13(17,8-10)9-15-12-6-2-5-11(14)16-12/h2,5-6,10,17H,3-4,7-9H2,1H3,(H3,14,15,16). The normalized spacial score (nSPS) is 28.9. The first-order valence-corrected chi connectivity index (χ1v) is 6.26. The van der Waals surface area contributed by atoms with Gasteiger partial charge in [-0.05, 0) is 30.9 Å². The molecule has 0 amide bonds. The fourth-order valence-corrected chi connectivity index (χ4v) is 2.60. The molecule has 0 aliphatic heterocycles. The van der Waals surface area contributed by atoms with E-state index in [1.807, 2.05) is 12.1 Å². The number of rotatable bonds is 3. The van der Waals surface area contributed by atoms with Gasteiger partial charge in [0.25, 0.3) is 0 Å². The molecule has 2 unspecified atom stereocenters. The first-order chi connectivity index (χ1) is 8.07. The van der Waals surface area contributed by atoms with Crippen LogP contribution in [0.5, 0.6) is 0 Å². The van der Waals surface area contributed by atoms with Crippen LogP contribution in [0.2, 0.25) is 0 Å². The smallest absolute Gasteiger partial charge is 0.128 e. The number of nitrogens with two attached hydrogens (primary N) is 1. The van der Waals surface area contributed by atoms with Crippen LogP contribution < -0.4 is 11.1 Å². The highest BCUT2D eigenvalue weighted by atomic mass is 16.3. The Hall–Kier alpha value is -1.29. The van der Waals surface area contributed by atoms with Crippen LogP contribution in [0.15, 0.2) is 18.2 Å². The van der Waals surface area contributed by atoms with E-state index in [0.717, 1.165) is 25.1 Å². The maximum Gasteiger partial charge on any atom is 0.128 e. The molecule has 4 N–H and O–H groups in total. The zero-order chi connectivity index (χ0) is 12.3. The third-order valence-corrected chi connectivity index (χ3v) is 3.44. The van der Waals surface area contributed by atoms with Gasteiger partial charge >= 0.3 is 0 Å². The molecule has 0 spiro atoms. The Bertz CT molecular complexity index is 383. The fraction of sp³-hybridized carbons (Fsp3) is 0.615. The average Bonchev–Trinajstić information content (AvgIpc) is 2.26. The lowest BCUT2D eigenvalue weighted by Gasteiger charge is -2.35. The Labute approximate surface area is 102 Å². The molecule has 1 heterocycles.